The number of carbonyl (C=O) groups excluding carboxylic acids is 1. The molecule has 1 aliphatic rings. The van der Waals surface area contributed by atoms with Gasteiger partial charge in [-0.3, -0.25) is 4.79 Å². The molecular weight excluding hydrogens is 336 g/mol. The first-order valence-electron chi connectivity index (χ1n) is 9.34. The fraction of sp³-hybridized carbons (Fsp3) is 0.375. The Morgan fingerprint density at radius 1 is 1.11 bits per heavy atom. The third-order valence-corrected chi connectivity index (χ3v) is 4.80. The molecule has 0 spiro atoms. The summed E-state index contributed by atoms with van der Waals surface area (Å²) in [7, 11) is 1.41. The number of methoxy groups -OCH3 is 1. The minimum absolute atomic E-state index is 0.0345. The van der Waals surface area contributed by atoms with Crippen molar-refractivity contribution < 1.29 is 14.3 Å². The average molecular weight is 362 g/mol. The Bertz CT molecular complexity index is 877. The molecule has 140 valence electrons. The normalized spacial score (nSPS) is 15.3. The molecule has 3 rings (SSSR count). The summed E-state index contributed by atoms with van der Waals surface area (Å²) < 4.78 is 10.6. The molecule has 0 saturated heterocycles. The maximum Gasteiger partial charge on any atom is 0.305 e. The van der Waals surface area contributed by atoms with Crippen LogP contribution in [0.5, 0.6) is 5.75 Å². The molecule has 0 aromatic heterocycles. The molecule has 3 nitrogen and oxygen atoms in total. The van der Waals surface area contributed by atoms with Gasteiger partial charge in [-0.05, 0) is 53.3 Å². The molecule has 0 radical (unpaired) electrons. The Morgan fingerprint density at radius 2 is 1.78 bits per heavy atom. The largest absolute Gasteiger partial charge is 0.490 e. The molecule has 1 heterocycles. The lowest BCUT2D eigenvalue weighted by molar-refractivity contribution is -0.141. The molecule has 0 amide bonds. The van der Waals surface area contributed by atoms with E-state index in [1.165, 1.54) is 12.7 Å². The second-order valence-corrected chi connectivity index (χ2v) is 7.96. The predicted molar refractivity (Wildman–Crippen MR) is 107 cm³/mol. The van der Waals surface area contributed by atoms with Gasteiger partial charge in [-0.1, -0.05) is 44.7 Å². The first kappa shape index (κ1) is 19.0. The Labute approximate surface area is 161 Å². The van der Waals surface area contributed by atoms with Crippen molar-refractivity contribution in [2.24, 2.45) is 0 Å². The van der Waals surface area contributed by atoms with Gasteiger partial charge in [-0.15, -0.1) is 0 Å². The summed E-state index contributed by atoms with van der Waals surface area (Å²) >= 11 is 0. The standard InChI is InChI=1S/C24H26O3/c1-24(2,3)20-10-7-17(8-11-20)5-6-18-9-13-22-19(15-18)16-21(27-22)12-14-23(25)26-4/h7-11,13,15,21H,12,14,16H2,1-4H3/t21-/m1/s1. The molecule has 0 saturated carbocycles. The van der Waals surface area contributed by atoms with E-state index in [4.69, 9.17) is 9.47 Å². The summed E-state index contributed by atoms with van der Waals surface area (Å²) in [5.74, 6) is 7.18. The van der Waals surface area contributed by atoms with E-state index >= 15 is 0 Å². The van der Waals surface area contributed by atoms with Gasteiger partial charge in [0.25, 0.3) is 0 Å². The summed E-state index contributed by atoms with van der Waals surface area (Å²) in [5, 5.41) is 0. The van der Waals surface area contributed by atoms with E-state index in [0.29, 0.717) is 12.8 Å². The summed E-state index contributed by atoms with van der Waals surface area (Å²) in [6.07, 6.45) is 1.89. The van der Waals surface area contributed by atoms with Gasteiger partial charge in [0.05, 0.1) is 7.11 Å². The van der Waals surface area contributed by atoms with Crippen LogP contribution in [0.25, 0.3) is 0 Å². The van der Waals surface area contributed by atoms with Crippen LogP contribution < -0.4 is 4.74 Å². The number of benzene rings is 2. The van der Waals surface area contributed by atoms with Gasteiger partial charge in [-0.2, -0.15) is 0 Å². The maximum absolute atomic E-state index is 11.3. The molecule has 0 fully saturated rings. The molecule has 27 heavy (non-hydrogen) atoms. The lowest BCUT2D eigenvalue weighted by Crippen LogP contribution is -2.15. The zero-order valence-corrected chi connectivity index (χ0v) is 16.5. The molecule has 1 aliphatic heterocycles. The highest BCUT2D eigenvalue weighted by molar-refractivity contribution is 5.69. The zero-order valence-electron chi connectivity index (χ0n) is 16.5. The fourth-order valence-corrected chi connectivity index (χ4v) is 3.14. The van der Waals surface area contributed by atoms with Crippen molar-refractivity contribution in [2.75, 3.05) is 7.11 Å². The monoisotopic (exact) mass is 362 g/mol. The van der Waals surface area contributed by atoms with Crippen molar-refractivity contribution in [3.63, 3.8) is 0 Å². The van der Waals surface area contributed by atoms with Crippen molar-refractivity contribution in [1.82, 2.24) is 0 Å². The van der Waals surface area contributed by atoms with Crippen LogP contribution in [-0.4, -0.2) is 19.2 Å². The Morgan fingerprint density at radius 3 is 2.44 bits per heavy atom. The van der Waals surface area contributed by atoms with Crippen molar-refractivity contribution >= 4 is 5.97 Å². The third kappa shape index (κ3) is 4.92. The molecule has 2 aromatic carbocycles. The topological polar surface area (TPSA) is 35.5 Å². The summed E-state index contributed by atoms with van der Waals surface area (Å²) in [6, 6.07) is 14.5. The lowest BCUT2D eigenvalue weighted by atomic mass is 9.87. The van der Waals surface area contributed by atoms with Crippen LogP contribution in [0.1, 0.15) is 55.9 Å². The summed E-state index contributed by atoms with van der Waals surface area (Å²) in [6.45, 7) is 6.62. The van der Waals surface area contributed by atoms with Crippen LogP contribution in [0.2, 0.25) is 0 Å². The lowest BCUT2D eigenvalue weighted by Gasteiger charge is -2.18. The third-order valence-electron chi connectivity index (χ3n) is 4.80. The van der Waals surface area contributed by atoms with Crippen molar-refractivity contribution in [1.29, 1.82) is 0 Å². The molecule has 2 aromatic rings. The van der Waals surface area contributed by atoms with E-state index in [0.717, 1.165) is 28.9 Å². The smallest absolute Gasteiger partial charge is 0.305 e. The van der Waals surface area contributed by atoms with Gasteiger partial charge in [0.15, 0.2) is 0 Å². The van der Waals surface area contributed by atoms with Crippen molar-refractivity contribution in [3.8, 4) is 17.6 Å². The molecule has 0 N–H and O–H groups in total. The Hall–Kier alpha value is -2.73. The second kappa shape index (κ2) is 7.88. The van der Waals surface area contributed by atoms with Crippen LogP contribution in [-0.2, 0) is 21.4 Å². The molecule has 3 heteroatoms. The van der Waals surface area contributed by atoms with Crippen LogP contribution >= 0.6 is 0 Å². The number of esters is 1. The van der Waals surface area contributed by atoms with Crippen LogP contribution in [0, 0.1) is 11.8 Å². The highest BCUT2D eigenvalue weighted by Gasteiger charge is 2.23. The minimum Gasteiger partial charge on any atom is -0.490 e. The number of carbonyl (C=O) groups is 1. The van der Waals surface area contributed by atoms with Crippen LogP contribution in [0.15, 0.2) is 42.5 Å². The van der Waals surface area contributed by atoms with Crippen molar-refractivity contribution in [2.45, 2.75) is 51.6 Å². The van der Waals surface area contributed by atoms with Gasteiger partial charge in [0.1, 0.15) is 11.9 Å². The van der Waals surface area contributed by atoms with E-state index < -0.39 is 0 Å². The molecular formula is C24H26O3. The van der Waals surface area contributed by atoms with E-state index in [2.05, 4.69) is 62.9 Å². The predicted octanol–water partition coefficient (Wildman–Crippen LogP) is 4.64. The quantitative estimate of drug-likeness (QED) is 0.589. The Kier molecular flexibility index (Phi) is 5.56. The zero-order chi connectivity index (χ0) is 19.4. The van der Waals surface area contributed by atoms with Crippen molar-refractivity contribution in [3.05, 3.63) is 64.7 Å². The number of rotatable bonds is 3. The highest BCUT2D eigenvalue weighted by atomic mass is 16.5. The Balaban J connectivity index is 1.66. The second-order valence-electron chi connectivity index (χ2n) is 7.96. The van der Waals surface area contributed by atoms with E-state index in [1.807, 2.05) is 12.1 Å². The first-order valence-corrected chi connectivity index (χ1v) is 9.34. The number of hydrogen-bond acceptors (Lipinski definition) is 3. The maximum atomic E-state index is 11.3. The average Bonchev–Trinajstić information content (AvgIpc) is 3.06. The molecule has 0 bridgehead atoms. The van der Waals surface area contributed by atoms with Crippen LogP contribution in [0.3, 0.4) is 0 Å². The molecule has 0 aliphatic carbocycles. The number of fused-ring (bicyclic) bond motifs is 1. The highest BCUT2D eigenvalue weighted by Crippen LogP contribution is 2.31. The minimum atomic E-state index is -0.196. The summed E-state index contributed by atoms with van der Waals surface area (Å²) in [4.78, 5) is 11.3. The van der Waals surface area contributed by atoms with Gasteiger partial charge < -0.3 is 9.47 Å². The summed E-state index contributed by atoms with van der Waals surface area (Å²) in [5.41, 5.74) is 4.60. The van der Waals surface area contributed by atoms with E-state index in [9.17, 15) is 4.79 Å². The van der Waals surface area contributed by atoms with Crippen LogP contribution in [0.4, 0.5) is 0 Å². The SMILES string of the molecule is COC(=O)CC[C@@H]1Cc2cc(C#Cc3ccc(C(C)(C)C)cc3)ccc2O1. The number of ether oxygens (including phenoxy) is 2. The van der Waals surface area contributed by atoms with Gasteiger partial charge >= 0.3 is 5.97 Å². The van der Waals surface area contributed by atoms with E-state index in [1.54, 1.807) is 0 Å². The molecule has 1 atom stereocenters. The first-order chi connectivity index (χ1) is 12.8. The van der Waals surface area contributed by atoms with Gasteiger partial charge in [-0.25, -0.2) is 0 Å². The van der Waals surface area contributed by atoms with Gasteiger partial charge in [0.2, 0.25) is 0 Å². The number of hydrogen-bond donors (Lipinski definition) is 0. The van der Waals surface area contributed by atoms with Gasteiger partial charge in [0, 0.05) is 24.0 Å². The fourth-order valence-electron chi connectivity index (χ4n) is 3.14. The van der Waals surface area contributed by atoms with E-state index in [-0.39, 0.29) is 17.5 Å². The molecule has 0 unspecified atom stereocenters.